The van der Waals surface area contributed by atoms with Gasteiger partial charge in [0.15, 0.2) is 9.84 Å². The van der Waals surface area contributed by atoms with E-state index >= 15 is 0 Å². The minimum atomic E-state index is -2.88. The number of sulfone groups is 1. The molecule has 1 N–H and O–H groups in total. The van der Waals surface area contributed by atoms with E-state index in [9.17, 15) is 8.42 Å². The van der Waals surface area contributed by atoms with E-state index in [1.807, 2.05) is 0 Å². The quantitative estimate of drug-likeness (QED) is 0.555. The smallest absolute Gasteiger partial charge is 0.155 e. The van der Waals surface area contributed by atoms with E-state index in [-0.39, 0.29) is 11.0 Å². The third-order valence-electron chi connectivity index (χ3n) is 1.79. The molecule has 1 aliphatic heterocycles. The maximum Gasteiger partial charge on any atom is 0.155 e. The molecule has 0 bridgehead atoms. The lowest BCUT2D eigenvalue weighted by Gasteiger charge is -2.05. The van der Waals surface area contributed by atoms with Crippen LogP contribution < -0.4 is 5.32 Å². The third-order valence-corrected chi connectivity index (χ3v) is 4.27. The Hall–Kier alpha value is -0.160. The average molecular weight is 193 g/mol. The molecule has 1 fully saturated rings. The lowest BCUT2D eigenvalue weighted by molar-refractivity contribution is 0.586. The Morgan fingerprint density at radius 1 is 1.64 bits per heavy atom. The molecule has 0 aromatic carbocycles. The molecule has 0 aromatic rings. The fraction of sp³-hybridized carbons (Fsp3) is 0.833. The first-order valence-electron chi connectivity index (χ1n) is 3.50. The van der Waals surface area contributed by atoms with E-state index in [0.717, 1.165) is 0 Å². The minimum absolute atomic E-state index is 0.203. The summed E-state index contributed by atoms with van der Waals surface area (Å²) >= 11 is 4.90. The molecule has 0 amide bonds. The zero-order valence-electron chi connectivity index (χ0n) is 6.33. The van der Waals surface area contributed by atoms with Crippen molar-refractivity contribution < 1.29 is 8.42 Å². The van der Waals surface area contributed by atoms with Crippen LogP contribution in [0.3, 0.4) is 0 Å². The highest BCUT2D eigenvalue weighted by Gasteiger charge is 2.24. The second-order valence-corrected chi connectivity index (χ2v) is 5.76. The largest absolute Gasteiger partial charge is 0.379 e. The van der Waals surface area contributed by atoms with Gasteiger partial charge in [-0.3, -0.25) is 0 Å². The van der Waals surface area contributed by atoms with Gasteiger partial charge in [0.05, 0.1) is 16.0 Å². The van der Waals surface area contributed by atoms with Gasteiger partial charge in [-0.2, -0.15) is 0 Å². The molecule has 0 aromatic heterocycles. The van der Waals surface area contributed by atoms with Crippen LogP contribution in [-0.4, -0.2) is 31.0 Å². The molecule has 5 heteroatoms. The average Bonchev–Trinajstić information content (AvgIpc) is 1.94. The van der Waals surface area contributed by atoms with Crippen molar-refractivity contribution in [2.75, 3.05) is 12.3 Å². The molecular formula is C6H11NO2S2. The van der Waals surface area contributed by atoms with Crippen LogP contribution >= 0.6 is 12.2 Å². The standard InChI is InChI=1S/C6H11NO2S2/c1-5-4-6(10)7-2-3-11(5,8)9/h5H,2-4H2,1H3,(H,7,10). The SMILES string of the molecule is CC1CC(=S)NCCS1(=O)=O. The summed E-state index contributed by atoms with van der Waals surface area (Å²) in [4.78, 5) is 0.665. The van der Waals surface area contributed by atoms with E-state index in [1.165, 1.54) is 0 Å². The number of nitrogens with one attached hydrogen (secondary N) is 1. The molecule has 1 heterocycles. The van der Waals surface area contributed by atoms with Gasteiger partial charge in [-0.1, -0.05) is 12.2 Å². The lowest BCUT2D eigenvalue weighted by Crippen LogP contribution is -2.22. The molecule has 11 heavy (non-hydrogen) atoms. The zero-order valence-corrected chi connectivity index (χ0v) is 7.96. The van der Waals surface area contributed by atoms with Crippen molar-refractivity contribution in [1.82, 2.24) is 5.32 Å². The summed E-state index contributed by atoms with van der Waals surface area (Å²) < 4.78 is 22.5. The number of hydrogen-bond acceptors (Lipinski definition) is 3. The molecule has 1 unspecified atom stereocenters. The first kappa shape index (κ1) is 8.93. The number of thiocarbonyl (C=S) groups is 1. The molecule has 0 spiro atoms. The van der Waals surface area contributed by atoms with Crippen LogP contribution in [0.25, 0.3) is 0 Å². The van der Waals surface area contributed by atoms with Crippen molar-refractivity contribution in [3.05, 3.63) is 0 Å². The highest BCUT2D eigenvalue weighted by Crippen LogP contribution is 2.09. The van der Waals surface area contributed by atoms with E-state index in [4.69, 9.17) is 12.2 Å². The van der Waals surface area contributed by atoms with Crippen LogP contribution in [0, 0.1) is 0 Å². The summed E-state index contributed by atoms with van der Waals surface area (Å²) in [6.07, 6.45) is 0.470. The van der Waals surface area contributed by atoms with Crippen molar-refractivity contribution in [2.45, 2.75) is 18.6 Å². The van der Waals surface area contributed by atoms with E-state index in [1.54, 1.807) is 6.92 Å². The molecule has 1 atom stereocenters. The van der Waals surface area contributed by atoms with Gasteiger partial charge in [0.1, 0.15) is 0 Å². The number of rotatable bonds is 0. The van der Waals surface area contributed by atoms with Gasteiger partial charge in [0, 0.05) is 13.0 Å². The van der Waals surface area contributed by atoms with Gasteiger partial charge in [0.25, 0.3) is 0 Å². The van der Waals surface area contributed by atoms with Gasteiger partial charge >= 0.3 is 0 Å². The topological polar surface area (TPSA) is 46.2 Å². The second-order valence-electron chi connectivity index (χ2n) is 2.73. The molecule has 0 radical (unpaired) electrons. The fourth-order valence-electron chi connectivity index (χ4n) is 0.994. The first-order valence-corrected chi connectivity index (χ1v) is 5.63. The summed E-state index contributed by atoms with van der Waals surface area (Å²) in [6.45, 7) is 2.17. The molecule has 1 saturated heterocycles. The maximum atomic E-state index is 11.2. The van der Waals surface area contributed by atoms with Gasteiger partial charge < -0.3 is 5.32 Å². The Bertz CT molecular complexity index is 258. The highest BCUT2D eigenvalue weighted by molar-refractivity contribution is 7.92. The van der Waals surface area contributed by atoms with Crippen molar-refractivity contribution in [2.24, 2.45) is 0 Å². The molecule has 64 valence electrons. The zero-order chi connectivity index (χ0) is 8.48. The van der Waals surface area contributed by atoms with Crippen molar-refractivity contribution >= 4 is 27.0 Å². The Morgan fingerprint density at radius 3 is 2.91 bits per heavy atom. The number of hydrogen-bond donors (Lipinski definition) is 1. The van der Waals surface area contributed by atoms with Crippen molar-refractivity contribution in [3.8, 4) is 0 Å². The summed E-state index contributed by atoms with van der Waals surface area (Å²) in [6, 6.07) is 0. The summed E-state index contributed by atoms with van der Waals surface area (Å²) in [5, 5.41) is 2.57. The monoisotopic (exact) mass is 193 g/mol. The molecule has 0 aliphatic carbocycles. The van der Waals surface area contributed by atoms with Crippen LogP contribution in [-0.2, 0) is 9.84 Å². The van der Waals surface area contributed by atoms with E-state index < -0.39 is 9.84 Å². The van der Waals surface area contributed by atoms with Crippen molar-refractivity contribution in [1.29, 1.82) is 0 Å². The van der Waals surface area contributed by atoms with Gasteiger partial charge in [-0.05, 0) is 6.92 Å². The third kappa shape index (κ3) is 2.13. The second kappa shape index (κ2) is 3.06. The normalized spacial score (nSPS) is 30.6. The van der Waals surface area contributed by atoms with Crippen LogP contribution in [0.4, 0.5) is 0 Å². The first-order chi connectivity index (χ1) is 5.02. The maximum absolute atomic E-state index is 11.2. The van der Waals surface area contributed by atoms with E-state index in [0.29, 0.717) is 18.0 Å². The molecule has 1 rings (SSSR count). The molecule has 3 nitrogen and oxygen atoms in total. The minimum Gasteiger partial charge on any atom is -0.379 e. The fourth-order valence-corrected chi connectivity index (χ4v) is 2.66. The highest BCUT2D eigenvalue weighted by atomic mass is 32.2. The van der Waals surface area contributed by atoms with Crippen molar-refractivity contribution in [3.63, 3.8) is 0 Å². The summed E-state index contributed by atoms with van der Waals surface area (Å²) in [7, 11) is -2.88. The molecule has 1 aliphatic rings. The Kier molecular flexibility index (Phi) is 2.49. The van der Waals surface area contributed by atoms with Crippen LogP contribution in [0.15, 0.2) is 0 Å². The summed E-state index contributed by atoms with van der Waals surface area (Å²) in [5.41, 5.74) is 0. The molecular weight excluding hydrogens is 182 g/mol. The van der Waals surface area contributed by atoms with E-state index in [2.05, 4.69) is 5.32 Å². The molecule has 0 saturated carbocycles. The summed E-state index contributed by atoms with van der Waals surface area (Å²) in [5.74, 6) is 0.203. The van der Waals surface area contributed by atoms with Crippen LogP contribution in [0.1, 0.15) is 13.3 Å². The predicted molar refractivity (Wildman–Crippen MR) is 48.5 cm³/mol. The lowest BCUT2D eigenvalue weighted by atomic mass is 10.3. The van der Waals surface area contributed by atoms with Crippen LogP contribution in [0.5, 0.6) is 0 Å². The van der Waals surface area contributed by atoms with Gasteiger partial charge in [-0.25, -0.2) is 8.42 Å². The predicted octanol–water partition coefficient (Wildman–Crippen LogP) is 0.110. The Balaban J connectivity index is 2.82. The Labute approximate surface area is 72.1 Å². The Morgan fingerprint density at radius 2 is 2.27 bits per heavy atom. The van der Waals surface area contributed by atoms with Gasteiger partial charge in [0.2, 0.25) is 0 Å². The van der Waals surface area contributed by atoms with Crippen LogP contribution in [0.2, 0.25) is 0 Å². The van der Waals surface area contributed by atoms with Gasteiger partial charge in [-0.15, -0.1) is 0 Å².